The van der Waals surface area contributed by atoms with E-state index in [2.05, 4.69) is 20.1 Å². The molecule has 1 aliphatic heterocycles. The molecule has 4 rings (SSSR count). The fourth-order valence-electron chi connectivity index (χ4n) is 3.23. The number of halogens is 2. The van der Waals surface area contributed by atoms with Gasteiger partial charge in [0.2, 0.25) is 5.49 Å². The number of hydrogen-bond donors (Lipinski definition) is 5. The molecule has 0 unspecified atom stereocenters. The molecule has 0 saturated carbocycles. The molecule has 5 atom stereocenters. The summed E-state index contributed by atoms with van der Waals surface area (Å²) in [4.78, 5) is 10.9. The van der Waals surface area contributed by atoms with Gasteiger partial charge in [-0.3, -0.25) is 4.57 Å². The quantitative estimate of drug-likeness (QED) is 0.292. The third-order valence-corrected chi connectivity index (χ3v) is 4.97. The molecule has 148 valence electrons. The van der Waals surface area contributed by atoms with E-state index in [1.807, 2.05) is 0 Å². The van der Waals surface area contributed by atoms with Crippen molar-refractivity contribution >= 4 is 22.8 Å². The van der Waals surface area contributed by atoms with Crippen LogP contribution in [0.15, 0.2) is 36.0 Å². The van der Waals surface area contributed by atoms with Crippen molar-refractivity contribution in [1.29, 1.82) is 0 Å². The van der Waals surface area contributed by atoms with Crippen LogP contribution in [0.1, 0.15) is 17.9 Å². The van der Waals surface area contributed by atoms with Gasteiger partial charge in [0.15, 0.2) is 11.7 Å². The maximum atomic E-state index is 13.7. The zero-order chi connectivity index (χ0) is 20.0. The molecule has 3 aromatic rings. The van der Waals surface area contributed by atoms with Crippen LogP contribution >= 0.6 is 11.6 Å². The molecule has 2 aromatic heterocycles. The van der Waals surface area contributed by atoms with E-state index in [0.717, 1.165) is 6.07 Å². The highest BCUT2D eigenvalue weighted by atomic mass is 35.5. The van der Waals surface area contributed by atoms with Crippen LogP contribution in [0, 0.1) is 5.82 Å². The van der Waals surface area contributed by atoms with Gasteiger partial charge in [-0.05, 0) is 17.7 Å². The Bertz CT molecular complexity index is 1090. The number of nitrogens with zero attached hydrogens (tertiary/aromatic N) is 4. The molecule has 1 aromatic carbocycles. The van der Waals surface area contributed by atoms with Crippen molar-refractivity contribution in [2.45, 2.75) is 30.6 Å². The summed E-state index contributed by atoms with van der Waals surface area (Å²) in [5, 5.41) is 34.9. The van der Waals surface area contributed by atoms with Crippen LogP contribution in [0.2, 0.25) is 5.02 Å². The van der Waals surface area contributed by atoms with Crippen LogP contribution in [-0.2, 0) is 4.74 Å². The average molecular weight is 411 g/mol. The predicted molar refractivity (Wildman–Crippen MR) is 93.9 cm³/mol. The van der Waals surface area contributed by atoms with E-state index < -0.39 is 36.5 Å². The molecule has 0 aliphatic carbocycles. The van der Waals surface area contributed by atoms with Crippen molar-refractivity contribution in [1.82, 2.24) is 19.5 Å². The first-order valence-corrected chi connectivity index (χ1v) is 8.59. The van der Waals surface area contributed by atoms with Crippen molar-refractivity contribution in [2.24, 2.45) is 10.9 Å². The Hall–Kier alpha value is -2.57. The third-order valence-electron chi connectivity index (χ3n) is 4.66. The molecule has 6 N–H and O–H groups in total. The normalized spacial score (nSPS) is 26.8. The van der Waals surface area contributed by atoms with Crippen LogP contribution < -0.4 is 11.3 Å². The van der Waals surface area contributed by atoms with Gasteiger partial charge in [0.25, 0.3) is 0 Å². The molecule has 0 radical (unpaired) electrons. The molecule has 28 heavy (non-hydrogen) atoms. The van der Waals surface area contributed by atoms with Gasteiger partial charge in [-0.2, -0.15) is 5.10 Å². The van der Waals surface area contributed by atoms with E-state index in [4.69, 9.17) is 22.2 Å². The lowest BCUT2D eigenvalue weighted by molar-refractivity contribution is -0.0850. The van der Waals surface area contributed by atoms with Crippen molar-refractivity contribution < 1.29 is 24.4 Å². The molecule has 1 aliphatic rings. The minimum atomic E-state index is -1.45. The molecular weight excluding hydrogens is 395 g/mol. The standard InChI is InChI=1S/C16H16ClFN6O4/c17-7-2-1-6(3-8(7)18)10(25)13-11(26)12(27)16(28-13)24-5-22-9-14(23-19)20-4-21-15(9)24/h1-5,10-13,16,25-27H,19H2,(H,20,21,23)/t10-,11+,12-,13-,16-/m1/s1. The Balaban J connectivity index is 1.67. The van der Waals surface area contributed by atoms with E-state index in [-0.39, 0.29) is 16.1 Å². The highest BCUT2D eigenvalue weighted by Gasteiger charge is 2.47. The summed E-state index contributed by atoms with van der Waals surface area (Å²) in [5.74, 6) is 4.56. The van der Waals surface area contributed by atoms with Crippen LogP contribution in [0.3, 0.4) is 0 Å². The number of fused-ring (bicyclic) bond motifs is 1. The predicted octanol–water partition coefficient (Wildman–Crippen LogP) is -0.321. The number of aromatic amines is 1. The summed E-state index contributed by atoms with van der Waals surface area (Å²) < 4.78 is 20.8. The third kappa shape index (κ3) is 2.93. The lowest BCUT2D eigenvalue weighted by Crippen LogP contribution is -2.34. The highest BCUT2D eigenvalue weighted by Crippen LogP contribution is 2.37. The summed E-state index contributed by atoms with van der Waals surface area (Å²) in [5.41, 5.74) is 1.05. The second-order valence-corrected chi connectivity index (χ2v) is 6.70. The van der Waals surface area contributed by atoms with Crippen molar-refractivity contribution in [3.05, 3.63) is 52.7 Å². The number of nitrogens with two attached hydrogens (primary N) is 1. The summed E-state index contributed by atoms with van der Waals surface area (Å²) in [6.07, 6.45) is -3.86. The second-order valence-electron chi connectivity index (χ2n) is 6.30. The summed E-state index contributed by atoms with van der Waals surface area (Å²) in [7, 11) is 0. The first-order valence-electron chi connectivity index (χ1n) is 8.21. The van der Waals surface area contributed by atoms with Gasteiger partial charge < -0.3 is 30.9 Å². The lowest BCUT2D eigenvalue weighted by atomic mass is 9.99. The van der Waals surface area contributed by atoms with Crippen LogP contribution in [-0.4, -0.2) is 53.2 Å². The minimum absolute atomic E-state index is 0.100. The van der Waals surface area contributed by atoms with Crippen LogP contribution in [0.25, 0.3) is 11.2 Å². The number of hydrogen-bond acceptors (Lipinski definition) is 8. The number of H-pyrrole nitrogens is 1. The van der Waals surface area contributed by atoms with Gasteiger partial charge in [-0.25, -0.2) is 14.4 Å². The molecule has 1 saturated heterocycles. The zero-order valence-corrected chi connectivity index (χ0v) is 14.9. The Kier molecular flexibility index (Phi) is 4.77. The van der Waals surface area contributed by atoms with E-state index in [1.165, 1.54) is 29.4 Å². The van der Waals surface area contributed by atoms with Gasteiger partial charge in [-0.1, -0.05) is 17.7 Å². The maximum absolute atomic E-state index is 13.7. The smallest absolute Gasteiger partial charge is 0.202 e. The monoisotopic (exact) mass is 410 g/mol. The zero-order valence-electron chi connectivity index (χ0n) is 14.1. The molecule has 0 amide bonds. The number of imidazole rings is 1. The molecular formula is C16H16ClFN6O4. The number of aliphatic hydroxyl groups is 3. The van der Waals surface area contributed by atoms with E-state index in [9.17, 15) is 19.7 Å². The van der Waals surface area contributed by atoms with Crippen molar-refractivity contribution in [3.63, 3.8) is 0 Å². The Morgan fingerprint density at radius 1 is 1.32 bits per heavy atom. The number of nitrogens with one attached hydrogen (secondary N) is 1. The first-order chi connectivity index (χ1) is 13.4. The Labute approximate surface area is 161 Å². The van der Waals surface area contributed by atoms with Crippen molar-refractivity contribution in [2.75, 3.05) is 0 Å². The fourth-order valence-corrected chi connectivity index (χ4v) is 3.35. The van der Waals surface area contributed by atoms with Gasteiger partial charge >= 0.3 is 0 Å². The molecule has 3 heterocycles. The number of ether oxygens (including phenoxy) is 1. The fraction of sp³-hybridized carbons (Fsp3) is 0.312. The van der Waals surface area contributed by atoms with Gasteiger partial charge in [-0.15, -0.1) is 0 Å². The molecule has 10 nitrogen and oxygen atoms in total. The van der Waals surface area contributed by atoms with Crippen LogP contribution in [0.5, 0.6) is 0 Å². The van der Waals surface area contributed by atoms with E-state index in [1.54, 1.807) is 0 Å². The highest BCUT2D eigenvalue weighted by molar-refractivity contribution is 6.30. The topological polar surface area (TPSA) is 155 Å². The van der Waals surface area contributed by atoms with Crippen molar-refractivity contribution in [3.8, 4) is 0 Å². The summed E-state index contributed by atoms with van der Waals surface area (Å²) >= 11 is 5.66. The molecule has 1 fully saturated rings. The minimum Gasteiger partial charge on any atom is -0.387 e. The summed E-state index contributed by atoms with van der Waals surface area (Å²) in [6, 6.07) is 3.74. The van der Waals surface area contributed by atoms with Crippen LogP contribution in [0.4, 0.5) is 4.39 Å². The van der Waals surface area contributed by atoms with E-state index >= 15 is 0 Å². The van der Waals surface area contributed by atoms with Gasteiger partial charge in [0.05, 0.1) is 17.7 Å². The second kappa shape index (κ2) is 7.11. The summed E-state index contributed by atoms with van der Waals surface area (Å²) in [6.45, 7) is 0. The largest absolute Gasteiger partial charge is 0.387 e. The molecule has 12 heteroatoms. The maximum Gasteiger partial charge on any atom is 0.202 e. The number of rotatable bonds is 3. The SMILES string of the molecule is NN=c1nc[nH]c2c1ncn2[C@@H]1O[C@H]([C@H](O)c2ccc(Cl)c(F)c2)[C@@H](O)[C@H]1O. The molecule has 0 spiro atoms. The number of aliphatic hydroxyl groups excluding tert-OH is 3. The first kappa shape index (κ1) is 18.8. The lowest BCUT2D eigenvalue weighted by Gasteiger charge is -2.21. The average Bonchev–Trinajstić information content (AvgIpc) is 3.25. The number of aromatic nitrogens is 4. The molecule has 0 bridgehead atoms. The Morgan fingerprint density at radius 2 is 2.11 bits per heavy atom. The Morgan fingerprint density at radius 3 is 2.82 bits per heavy atom. The van der Waals surface area contributed by atoms with E-state index in [0.29, 0.717) is 11.2 Å². The number of benzene rings is 1. The van der Waals surface area contributed by atoms with Gasteiger partial charge in [0, 0.05) is 0 Å². The van der Waals surface area contributed by atoms with Gasteiger partial charge in [0.1, 0.15) is 35.9 Å².